The van der Waals surface area contributed by atoms with Crippen molar-refractivity contribution in [3.63, 3.8) is 0 Å². The third kappa shape index (κ3) is 8.20. The van der Waals surface area contributed by atoms with Crippen LogP contribution >= 0.6 is 0 Å². The van der Waals surface area contributed by atoms with E-state index in [0.717, 1.165) is 29.8 Å². The van der Waals surface area contributed by atoms with E-state index in [1.54, 1.807) is 24.3 Å². The van der Waals surface area contributed by atoms with Gasteiger partial charge in [-0.05, 0) is 48.9 Å². The second-order valence-electron chi connectivity index (χ2n) is 6.66. The fourth-order valence-electron chi connectivity index (χ4n) is 2.64. The predicted molar refractivity (Wildman–Crippen MR) is 119 cm³/mol. The Bertz CT molecular complexity index is 917. The monoisotopic (exact) mass is 426 g/mol. The third-order valence-corrected chi connectivity index (χ3v) is 4.24. The lowest BCUT2D eigenvalue weighted by atomic mass is 10.1. The van der Waals surface area contributed by atoms with Crippen LogP contribution < -0.4 is 21.8 Å². The number of amides is 2. The maximum Gasteiger partial charge on any atom is 0.268 e. The van der Waals surface area contributed by atoms with Crippen LogP contribution in [-0.4, -0.2) is 47.4 Å². The van der Waals surface area contributed by atoms with E-state index in [1.165, 1.54) is 12.4 Å². The molecule has 0 saturated carbocycles. The summed E-state index contributed by atoms with van der Waals surface area (Å²) >= 11 is 0. The largest absolute Gasteiger partial charge is 0.391 e. The van der Waals surface area contributed by atoms with Gasteiger partial charge < -0.3 is 21.5 Å². The lowest BCUT2D eigenvalue weighted by Crippen LogP contribution is -2.51. The Morgan fingerprint density at radius 2 is 1.77 bits per heavy atom. The predicted octanol–water partition coefficient (Wildman–Crippen LogP) is 0.755. The van der Waals surface area contributed by atoms with E-state index in [0.29, 0.717) is 12.1 Å². The quantitative estimate of drug-likeness (QED) is 0.160. The van der Waals surface area contributed by atoms with Crippen LogP contribution in [0.25, 0.3) is 0 Å². The van der Waals surface area contributed by atoms with Crippen LogP contribution in [-0.2, 0) is 11.3 Å². The minimum absolute atomic E-state index is 0. The van der Waals surface area contributed by atoms with Gasteiger partial charge in [0.05, 0.1) is 6.10 Å². The number of nitrogens with one attached hydrogen (secondary N) is 3. The molecule has 0 aliphatic heterocycles. The highest BCUT2D eigenvalue weighted by Crippen LogP contribution is 2.07. The van der Waals surface area contributed by atoms with Crippen LogP contribution in [0, 0.1) is 11.8 Å². The molecule has 8 heteroatoms. The molecule has 7 N–H and O–H groups in total. The number of rotatable bonds is 8. The Morgan fingerprint density at radius 3 is 2.39 bits per heavy atom. The molecule has 2 rings (SSSR count). The Hall–Kier alpha value is -3.22. The normalized spacial score (nSPS) is 11.9. The Labute approximate surface area is 182 Å². The summed E-state index contributed by atoms with van der Waals surface area (Å²) < 4.78 is 0. The van der Waals surface area contributed by atoms with E-state index in [9.17, 15) is 14.7 Å². The highest BCUT2D eigenvalue weighted by Gasteiger charge is 2.25. The fourth-order valence-corrected chi connectivity index (χ4v) is 2.64. The van der Waals surface area contributed by atoms with Crippen molar-refractivity contribution in [3.8, 4) is 11.8 Å². The fraction of sp³-hybridized carbons (Fsp3) is 0.304. The van der Waals surface area contributed by atoms with Crippen LogP contribution in [0.1, 0.15) is 41.4 Å². The first-order valence-electron chi connectivity index (χ1n) is 9.49. The van der Waals surface area contributed by atoms with Crippen molar-refractivity contribution in [2.24, 2.45) is 5.73 Å². The van der Waals surface area contributed by atoms with Gasteiger partial charge in [0.25, 0.3) is 11.8 Å². The number of nitrogens with two attached hydrogens (primary N) is 1. The average Bonchev–Trinajstić information content (AvgIpc) is 2.76. The van der Waals surface area contributed by atoms with Gasteiger partial charge in [0.2, 0.25) is 0 Å². The number of aliphatic hydroxyl groups is 1. The summed E-state index contributed by atoms with van der Waals surface area (Å²) in [5.41, 5.74) is 9.90. The lowest BCUT2D eigenvalue weighted by molar-refractivity contribution is -0.133. The average molecular weight is 427 g/mol. The topological polar surface area (TPSA) is 137 Å². The summed E-state index contributed by atoms with van der Waals surface area (Å²) in [6.45, 7) is 3.39. The van der Waals surface area contributed by atoms with Gasteiger partial charge in [0, 0.05) is 36.3 Å². The molecule has 0 radical (unpaired) electrons. The number of hydroxylamine groups is 1. The van der Waals surface area contributed by atoms with Crippen molar-refractivity contribution in [3.05, 3.63) is 70.8 Å². The van der Waals surface area contributed by atoms with E-state index in [1.807, 2.05) is 24.3 Å². The summed E-state index contributed by atoms with van der Waals surface area (Å²) in [5.74, 6) is 4.69. The van der Waals surface area contributed by atoms with E-state index >= 15 is 0 Å². The third-order valence-electron chi connectivity index (χ3n) is 4.24. The second kappa shape index (κ2) is 13.2. The SMILES string of the molecule is C.C[C@@H](O)[C@H](NC(=O)c1ccc(C#Cc2cccc(CNCCN)c2)cc1)C(=O)NO. The minimum atomic E-state index is -1.27. The van der Waals surface area contributed by atoms with Gasteiger partial charge in [-0.25, -0.2) is 5.48 Å². The molecule has 8 nitrogen and oxygen atoms in total. The molecule has 166 valence electrons. The summed E-state index contributed by atoms with van der Waals surface area (Å²) in [7, 11) is 0. The molecule has 0 spiro atoms. The molecule has 0 bridgehead atoms. The molecule has 0 fully saturated rings. The molecule has 0 heterocycles. The van der Waals surface area contributed by atoms with Crippen molar-refractivity contribution in [2.45, 2.75) is 33.0 Å². The summed E-state index contributed by atoms with van der Waals surface area (Å²) in [6, 6.07) is 13.1. The summed E-state index contributed by atoms with van der Waals surface area (Å²) in [5, 5.41) is 23.9. The smallest absolute Gasteiger partial charge is 0.268 e. The maximum absolute atomic E-state index is 12.3. The Balaban J connectivity index is 0.00000480. The number of aliphatic hydroxyl groups excluding tert-OH is 1. The highest BCUT2D eigenvalue weighted by molar-refractivity contribution is 5.97. The maximum atomic E-state index is 12.3. The van der Waals surface area contributed by atoms with E-state index in [-0.39, 0.29) is 7.43 Å². The van der Waals surface area contributed by atoms with Gasteiger partial charge >= 0.3 is 0 Å². The number of hydrogen-bond donors (Lipinski definition) is 6. The minimum Gasteiger partial charge on any atom is -0.391 e. The van der Waals surface area contributed by atoms with E-state index in [4.69, 9.17) is 10.9 Å². The molecular formula is C23H30N4O4. The molecule has 0 aromatic heterocycles. The number of carbonyl (C=O) groups excluding carboxylic acids is 2. The number of hydrogen-bond acceptors (Lipinski definition) is 6. The first-order valence-corrected chi connectivity index (χ1v) is 9.49. The van der Waals surface area contributed by atoms with Crippen LogP contribution in [0.4, 0.5) is 0 Å². The lowest BCUT2D eigenvalue weighted by Gasteiger charge is -2.19. The van der Waals surface area contributed by atoms with Gasteiger partial charge in [-0.2, -0.15) is 0 Å². The molecular weight excluding hydrogens is 396 g/mol. The van der Waals surface area contributed by atoms with Crippen LogP contribution in [0.5, 0.6) is 0 Å². The first kappa shape index (κ1) is 25.8. The zero-order valence-electron chi connectivity index (χ0n) is 16.7. The van der Waals surface area contributed by atoms with Crippen LogP contribution in [0.15, 0.2) is 48.5 Å². The van der Waals surface area contributed by atoms with Crippen molar-refractivity contribution in [1.82, 2.24) is 16.1 Å². The van der Waals surface area contributed by atoms with Crippen molar-refractivity contribution < 1.29 is 19.9 Å². The molecule has 2 aromatic rings. The molecule has 31 heavy (non-hydrogen) atoms. The number of carbonyl (C=O) groups is 2. The van der Waals surface area contributed by atoms with E-state index in [2.05, 4.69) is 22.5 Å². The summed E-state index contributed by atoms with van der Waals surface area (Å²) in [4.78, 5) is 23.8. The zero-order valence-corrected chi connectivity index (χ0v) is 16.7. The second-order valence-corrected chi connectivity index (χ2v) is 6.66. The van der Waals surface area contributed by atoms with Gasteiger partial charge in [-0.3, -0.25) is 14.8 Å². The molecule has 0 unspecified atom stereocenters. The number of benzene rings is 2. The molecule has 2 amide bonds. The van der Waals surface area contributed by atoms with Crippen molar-refractivity contribution in [2.75, 3.05) is 13.1 Å². The first-order chi connectivity index (χ1) is 14.4. The Morgan fingerprint density at radius 1 is 1.10 bits per heavy atom. The van der Waals surface area contributed by atoms with E-state index < -0.39 is 24.0 Å². The summed E-state index contributed by atoms with van der Waals surface area (Å²) in [6.07, 6.45) is -1.17. The van der Waals surface area contributed by atoms with Crippen LogP contribution in [0.2, 0.25) is 0 Å². The molecule has 0 saturated heterocycles. The molecule has 0 aliphatic carbocycles. The standard InChI is InChI=1S/C22H26N4O4.CH4/c1-15(27)20(22(29)26-30)25-21(28)19-9-7-16(8-10-19)5-6-17-3-2-4-18(13-17)14-24-12-11-23;/h2-4,7-10,13,15,20,24,27,30H,11-12,14,23H2,1H3,(H,25,28)(H,26,29);1H4/t15-,20+;/m1./s1. The molecule has 2 atom stereocenters. The van der Waals surface area contributed by atoms with Gasteiger partial charge in [-0.1, -0.05) is 31.4 Å². The zero-order chi connectivity index (χ0) is 21.9. The van der Waals surface area contributed by atoms with Crippen molar-refractivity contribution >= 4 is 11.8 Å². The molecule has 2 aromatic carbocycles. The Kier molecular flexibility index (Phi) is 11.0. The van der Waals surface area contributed by atoms with Crippen LogP contribution in [0.3, 0.4) is 0 Å². The highest BCUT2D eigenvalue weighted by atomic mass is 16.5. The van der Waals surface area contributed by atoms with Crippen molar-refractivity contribution in [1.29, 1.82) is 0 Å². The van der Waals surface area contributed by atoms with Gasteiger partial charge in [0.15, 0.2) is 0 Å². The molecule has 0 aliphatic rings. The van der Waals surface area contributed by atoms with Gasteiger partial charge in [-0.15, -0.1) is 0 Å². The van der Waals surface area contributed by atoms with Gasteiger partial charge in [0.1, 0.15) is 6.04 Å².